The molecule has 54 valence electrons. The number of nitrogens with zero attached hydrogens (tertiary/aromatic N) is 2. The summed E-state index contributed by atoms with van der Waals surface area (Å²) in [6, 6.07) is 0. The van der Waals surface area contributed by atoms with Crippen LogP contribution in [-0.2, 0) is 4.79 Å². The standard InChI is InChI=1S/C8H6N2O/c11-7-1-2-8-6(3-7)4-9-5-10-8/h1-3,5H,4H2. The average Bonchev–Trinajstić information content (AvgIpc) is 2.04. The van der Waals surface area contributed by atoms with E-state index >= 15 is 0 Å². The lowest BCUT2D eigenvalue weighted by atomic mass is 10.0. The van der Waals surface area contributed by atoms with Crippen molar-refractivity contribution >= 4 is 17.8 Å². The molecule has 0 saturated carbocycles. The van der Waals surface area contributed by atoms with Crippen LogP contribution in [0.2, 0.25) is 0 Å². The van der Waals surface area contributed by atoms with Crippen LogP contribution < -0.4 is 0 Å². The van der Waals surface area contributed by atoms with Gasteiger partial charge in [-0.05, 0) is 18.2 Å². The van der Waals surface area contributed by atoms with Gasteiger partial charge in [0.15, 0.2) is 5.78 Å². The zero-order chi connectivity index (χ0) is 7.68. The summed E-state index contributed by atoms with van der Waals surface area (Å²) in [7, 11) is 0. The molecule has 2 rings (SSSR count). The minimum atomic E-state index is 0.0241. The lowest BCUT2D eigenvalue weighted by Gasteiger charge is -2.09. The fourth-order valence-electron chi connectivity index (χ4n) is 1.06. The Bertz CT molecular complexity index is 321. The van der Waals surface area contributed by atoms with Gasteiger partial charge in [0, 0.05) is 5.57 Å². The van der Waals surface area contributed by atoms with E-state index in [0.717, 1.165) is 11.3 Å². The van der Waals surface area contributed by atoms with Crippen LogP contribution in [0.1, 0.15) is 0 Å². The smallest absolute Gasteiger partial charge is 0.179 e. The summed E-state index contributed by atoms with van der Waals surface area (Å²) in [5, 5.41) is 0. The maximum atomic E-state index is 10.8. The van der Waals surface area contributed by atoms with E-state index in [1.165, 1.54) is 12.4 Å². The first-order valence-electron chi connectivity index (χ1n) is 3.35. The van der Waals surface area contributed by atoms with Crippen LogP contribution in [0.3, 0.4) is 0 Å². The fraction of sp³-hybridized carbons (Fsp3) is 0.125. The van der Waals surface area contributed by atoms with Gasteiger partial charge >= 0.3 is 0 Å². The number of fused-ring (bicyclic) bond motifs is 1. The molecule has 0 radical (unpaired) electrons. The third-order valence-corrected chi connectivity index (χ3v) is 1.59. The first-order valence-corrected chi connectivity index (χ1v) is 3.35. The highest BCUT2D eigenvalue weighted by Gasteiger charge is 2.11. The van der Waals surface area contributed by atoms with Gasteiger partial charge in [0.2, 0.25) is 0 Å². The van der Waals surface area contributed by atoms with Crippen LogP contribution in [-0.4, -0.2) is 24.4 Å². The monoisotopic (exact) mass is 146 g/mol. The summed E-state index contributed by atoms with van der Waals surface area (Å²) < 4.78 is 0. The van der Waals surface area contributed by atoms with E-state index in [-0.39, 0.29) is 5.78 Å². The molecule has 3 heteroatoms. The van der Waals surface area contributed by atoms with Crippen LogP contribution in [0, 0.1) is 0 Å². The predicted molar refractivity (Wildman–Crippen MR) is 43.0 cm³/mol. The van der Waals surface area contributed by atoms with Crippen molar-refractivity contribution in [3.63, 3.8) is 0 Å². The SMILES string of the molecule is O=C1C=CC2=NC=NCC2=C1. The Morgan fingerprint density at radius 1 is 1.36 bits per heavy atom. The van der Waals surface area contributed by atoms with Crippen molar-refractivity contribution in [1.82, 2.24) is 0 Å². The number of allylic oxidation sites excluding steroid dienone is 3. The van der Waals surface area contributed by atoms with Crippen LogP contribution in [0.5, 0.6) is 0 Å². The minimum Gasteiger partial charge on any atom is -0.290 e. The molecule has 0 N–H and O–H groups in total. The highest BCUT2D eigenvalue weighted by atomic mass is 16.1. The molecule has 2 aliphatic rings. The highest BCUT2D eigenvalue weighted by molar-refractivity contribution is 6.21. The van der Waals surface area contributed by atoms with Gasteiger partial charge in [0.1, 0.15) is 6.34 Å². The largest absolute Gasteiger partial charge is 0.290 e. The molecular weight excluding hydrogens is 140 g/mol. The number of carbonyl (C=O) groups is 1. The minimum absolute atomic E-state index is 0.0241. The second-order valence-corrected chi connectivity index (χ2v) is 2.38. The molecule has 1 heterocycles. The van der Waals surface area contributed by atoms with E-state index < -0.39 is 0 Å². The van der Waals surface area contributed by atoms with Gasteiger partial charge in [-0.15, -0.1) is 0 Å². The molecule has 0 aromatic rings. The van der Waals surface area contributed by atoms with Gasteiger partial charge in [0.25, 0.3) is 0 Å². The number of hydrogen-bond donors (Lipinski definition) is 0. The molecule has 0 atom stereocenters. The molecule has 0 saturated heterocycles. The number of rotatable bonds is 0. The Labute approximate surface area is 63.9 Å². The normalized spacial score (nSPS) is 20.9. The number of aliphatic imine (C=N–C) groups is 2. The van der Waals surface area contributed by atoms with Gasteiger partial charge < -0.3 is 0 Å². The number of carbonyl (C=O) groups excluding carboxylic acids is 1. The Hall–Kier alpha value is -1.51. The third kappa shape index (κ3) is 1.05. The summed E-state index contributed by atoms with van der Waals surface area (Å²) in [6.45, 7) is 0.578. The van der Waals surface area contributed by atoms with Crippen molar-refractivity contribution in [3.05, 3.63) is 23.8 Å². The molecule has 0 bridgehead atoms. The molecule has 11 heavy (non-hydrogen) atoms. The lowest BCUT2D eigenvalue weighted by Crippen LogP contribution is -2.13. The summed E-state index contributed by atoms with van der Waals surface area (Å²) in [4.78, 5) is 18.8. The van der Waals surface area contributed by atoms with E-state index in [1.54, 1.807) is 12.2 Å². The van der Waals surface area contributed by atoms with Gasteiger partial charge in [-0.25, -0.2) is 4.99 Å². The Morgan fingerprint density at radius 3 is 3.18 bits per heavy atom. The van der Waals surface area contributed by atoms with Crippen LogP contribution in [0.25, 0.3) is 0 Å². The van der Waals surface area contributed by atoms with E-state index in [0.29, 0.717) is 6.54 Å². The predicted octanol–water partition coefficient (Wildman–Crippen LogP) is 0.535. The second kappa shape index (κ2) is 2.27. The third-order valence-electron chi connectivity index (χ3n) is 1.59. The maximum absolute atomic E-state index is 10.8. The van der Waals surface area contributed by atoms with E-state index in [1.807, 2.05) is 0 Å². The second-order valence-electron chi connectivity index (χ2n) is 2.38. The van der Waals surface area contributed by atoms with E-state index in [2.05, 4.69) is 9.98 Å². The summed E-state index contributed by atoms with van der Waals surface area (Å²) >= 11 is 0. The molecule has 1 aliphatic carbocycles. The first kappa shape index (κ1) is 6.22. The average molecular weight is 146 g/mol. The maximum Gasteiger partial charge on any atom is 0.179 e. The number of hydrogen-bond acceptors (Lipinski definition) is 3. The molecule has 0 fully saturated rings. The Balaban J connectivity index is 2.44. The van der Waals surface area contributed by atoms with Crippen LogP contribution in [0.15, 0.2) is 33.8 Å². The summed E-state index contributed by atoms with van der Waals surface area (Å²) in [5.41, 5.74) is 1.78. The zero-order valence-corrected chi connectivity index (χ0v) is 5.82. The summed E-state index contributed by atoms with van der Waals surface area (Å²) in [6.07, 6.45) is 6.34. The lowest BCUT2D eigenvalue weighted by molar-refractivity contribution is -0.110. The molecule has 0 amide bonds. The van der Waals surface area contributed by atoms with Gasteiger partial charge in [0.05, 0.1) is 12.3 Å². The number of ketones is 1. The van der Waals surface area contributed by atoms with Crippen molar-refractivity contribution in [2.24, 2.45) is 9.98 Å². The van der Waals surface area contributed by atoms with Crippen LogP contribution in [0.4, 0.5) is 0 Å². The van der Waals surface area contributed by atoms with E-state index in [4.69, 9.17) is 0 Å². The van der Waals surface area contributed by atoms with Crippen molar-refractivity contribution in [2.45, 2.75) is 0 Å². The summed E-state index contributed by atoms with van der Waals surface area (Å²) in [5.74, 6) is 0.0241. The molecular formula is C8H6N2O. The van der Waals surface area contributed by atoms with Gasteiger partial charge in [-0.1, -0.05) is 0 Å². The molecule has 3 nitrogen and oxygen atoms in total. The van der Waals surface area contributed by atoms with Gasteiger partial charge in [-0.2, -0.15) is 0 Å². The Morgan fingerprint density at radius 2 is 2.27 bits per heavy atom. The van der Waals surface area contributed by atoms with Crippen molar-refractivity contribution in [3.8, 4) is 0 Å². The fourth-order valence-corrected chi connectivity index (χ4v) is 1.06. The van der Waals surface area contributed by atoms with Crippen LogP contribution >= 0.6 is 0 Å². The quantitative estimate of drug-likeness (QED) is 0.460. The van der Waals surface area contributed by atoms with Crippen molar-refractivity contribution < 1.29 is 4.79 Å². The molecule has 0 spiro atoms. The van der Waals surface area contributed by atoms with Crippen molar-refractivity contribution in [1.29, 1.82) is 0 Å². The molecule has 0 aromatic heterocycles. The van der Waals surface area contributed by atoms with E-state index in [9.17, 15) is 4.79 Å². The molecule has 0 aromatic carbocycles. The van der Waals surface area contributed by atoms with Gasteiger partial charge in [-0.3, -0.25) is 9.79 Å². The first-order chi connectivity index (χ1) is 5.36. The molecule has 1 aliphatic heterocycles. The zero-order valence-electron chi connectivity index (χ0n) is 5.82. The Kier molecular flexibility index (Phi) is 1.28. The molecule has 0 unspecified atom stereocenters. The van der Waals surface area contributed by atoms with Crippen molar-refractivity contribution in [2.75, 3.05) is 6.54 Å². The topological polar surface area (TPSA) is 41.8 Å². The highest BCUT2D eigenvalue weighted by Crippen LogP contribution is 2.09.